The number of aromatic nitrogens is 2. The zero-order valence-corrected chi connectivity index (χ0v) is 20.4. The van der Waals surface area contributed by atoms with Gasteiger partial charge in [-0.15, -0.1) is 0 Å². The normalized spacial score (nSPS) is 13.3. The van der Waals surface area contributed by atoms with E-state index < -0.39 is 0 Å². The third kappa shape index (κ3) is 5.32. The molecule has 0 aliphatic carbocycles. The fraction of sp³-hybridized carbons (Fsp3) is 0.310. The largest absolute Gasteiger partial charge is 0.491 e. The van der Waals surface area contributed by atoms with Crippen LogP contribution in [0.1, 0.15) is 43.1 Å². The van der Waals surface area contributed by atoms with Crippen LogP contribution in [0.15, 0.2) is 60.7 Å². The predicted molar refractivity (Wildman–Crippen MR) is 141 cm³/mol. The number of imidazole rings is 1. The second-order valence-corrected chi connectivity index (χ2v) is 9.23. The van der Waals surface area contributed by atoms with Crippen LogP contribution < -0.4 is 10.1 Å². The molecule has 3 aromatic carbocycles. The van der Waals surface area contributed by atoms with Crippen LogP contribution in [-0.4, -0.2) is 34.1 Å². The number of nitrogens with one attached hydrogen (secondary N) is 2. The van der Waals surface area contributed by atoms with Crippen LogP contribution in [0, 0.1) is 6.92 Å². The summed E-state index contributed by atoms with van der Waals surface area (Å²) in [6.45, 7) is 5.67. The summed E-state index contributed by atoms with van der Waals surface area (Å²) in [7, 11) is 0. The van der Waals surface area contributed by atoms with Crippen molar-refractivity contribution >= 4 is 22.8 Å². The molecule has 6 nitrogen and oxygen atoms in total. The summed E-state index contributed by atoms with van der Waals surface area (Å²) in [5.41, 5.74) is 7.29. The molecule has 5 rings (SSSR count). The number of aromatic amines is 1. The Hall–Kier alpha value is -3.80. The number of ether oxygens (including phenoxy) is 1. The Bertz CT molecular complexity index is 1330. The molecule has 35 heavy (non-hydrogen) atoms. The maximum Gasteiger partial charge on any atom is 0.322 e. The minimum Gasteiger partial charge on any atom is -0.491 e. The molecule has 0 saturated carbocycles. The summed E-state index contributed by atoms with van der Waals surface area (Å²) in [6.07, 6.45) is 4.75. The fourth-order valence-corrected chi connectivity index (χ4v) is 4.60. The van der Waals surface area contributed by atoms with Crippen LogP contribution in [0.5, 0.6) is 5.75 Å². The molecule has 0 fully saturated rings. The second-order valence-electron chi connectivity index (χ2n) is 9.23. The van der Waals surface area contributed by atoms with Gasteiger partial charge in [0.2, 0.25) is 0 Å². The minimum absolute atomic E-state index is 0.111. The van der Waals surface area contributed by atoms with Gasteiger partial charge >= 0.3 is 6.03 Å². The zero-order chi connectivity index (χ0) is 24.2. The maximum atomic E-state index is 13.1. The number of hydrogen-bond donors (Lipinski definition) is 2. The van der Waals surface area contributed by atoms with Crippen LogP contribution in [0.2, 0.25) is 0 Å². The average molecular weight is 469 g/mol. The summed E-state index contributed by atoms with van der Waals surface area (Å²) >= 11 is 0. The number of unbranched alkanes of at least 4 members (excludes halogenated alkanes) is 2. The van der Waals surface area contributed by atoms with Gasteiger partial charge in [0.25, 0.3) is 0 Å². The maximum absolute atomic E-state index is 13.1. The Kier molecular flexibility index (Phi) is 6.70. The van der Waals surface area contributed by atoms with Crippen LogP contribution in [-0.2, 0) is 13.0 Å². The molecule has 2 heterocycles. The molecule has 1 aliphatic rings. The number of fused-ring (bicyclic) bond motifs is 2. The molecule has 0 spiro atoms. The summed E-state index contributed by atoms with van der Waals surface area (Å²) in [6, 6.07) is 20.5. The van der Waals surface area contributed by atoms with Crippen molar-refractivity contribution in [2.24, 2.45) is 0 Å². The van der Waals surface area contributed by atoms with Gasteiger partial charge in [0.15, 0.2) is 0 Å². The summed E-state index contributed by atoms with van der Waals surface area (Å²) < 4.78 is 5.97. The van der Waals surface area contributed by atoms with Gasteiger partial charge < -0.3 is 19.9 Å². The first kappa shape index (κ1) is 23.0. The van der Waals surface area contributed by atoms with Gasteiger partial charge in [-0.3, -0.25) is 0 Å². The van der Waals surface area contributed by atoms with Gasteiger partial charge in [-0.2, -0.15) is 0 Å². The number of carbonyl (C=O) groups is 1. The number of anilines is 1. The number of hydrogen-bond acceptors (Lipinski definition) is 3. The first-order valence-corrected chi connectivity index (χ1v) is 12.5. The van der Waals surface area contributed by atoms with E-state index in [1.54, 1.807) is 0 Å². The standard InChI is InChI=1S/C29H32N4O2/c1-3-4-5-6-21-7-11-25(12-8-21)32-29(34)33-15-16-35-28-14-10-22(17-24(28)19-33)23-9-13-26-27(18-23)31-20(2)30-26/h7-14,17-18H,3-6,15-16,19H2,1-2H3,(H,30,31)(H,32,34). The summed E-state index contributed by atoms with van der Waals surface area (Å²) in [5, 5.41) is 3.05. The molecule has 1 aliphatic heterocycles. The predicted octanol–water partition coefficient (Wildman–Crippen LogP) is 6.70. The lowest BCUT2D eigenvalue weighted by Crippen LogP contribution is -2.36. The number of benzene rings is 3. The molecular weight excluding hydrogens is 436 g/mol. The molecule has 180 valence electrons. The molecular formula is C29H32N4O2. The number of rotatable bonds is 6. The number of nitrogens with zero attached hydrogens (tertiary/aromatic N) is 2. The molecule has 2 N–H and O–H groups in total. The third-order valence-electron chi connectivity index (χ3n) is 6.54. The SMILES string of the molecule is CCCCCc1ccc(NC(=O)N2CCOc3ccc(-c4ccc5nc(C)[nH]c5c4)cc3C2)cc1. The first-order valence-electron chi connectivity index (χ1n) is 12.5. The lowest BCUT2D eigenvalue weighted by Gasteiger charge is -2.20. The molecule has 0 bridgehead atoms. The van der Waals surface area contributed by atoms with Gasteiger partial charge in [-0.25, -0.2) is 9.78 Å². The Labute approximate surface area is 206 Å². The highest BCUT2D eigenvalue weighted by atomic mass is 16.5. The summed E-state index contributed by atoms with van der Waals surface area (Å²) in [5.74, 6) is 1.74. The van der Waals surface area contributed by atoms with Crippen LogP contribution in [0.3, 0.4) is 0 Å². The van der Waals surface area contributed by atoms with Crippen molar-refractivity contribution in [1.29, 1.82) is 0 Å². The van der Waals surface area contributed by atoms with Gasteiger partial charge in [0, 0.05) is 11.3 Å². The molecule has 6 heteroatoms. The molecule has 0 radical (unpaired) electrons. The van der Waals surface area contributed by atoms with E-state index in [4.69, 9.17) is 4.74 Å². The number of carbonyl (C=O) groups excluding carboxylic acids is 1. The van der Waals surface area contributed by atoms with Crippen molar-refractivity contribution in [3.8, 4) is 16.9 Å². The number of aryl methyl sites for hydroxylation is 2. The van der Waals surface area contributed by atoms with Gasteiger partial charge in [-0.1, -0.05) is 44.0 Å². The van der Waals surface area contributed by atoms with E-state index in [-0.39, 0.29) is 6.03 Å². The highest BCUT2D eigenvalue weighted by Gasteiger charge is 2.20. The monoisotopic (exact) mass is 468 g/mol. The van der Waals surface area contributed by atoms with Crippen molar-refractivity contribution in [2.45, 2.75) is 46.1 Å². The third-order valence-corrected chi connectivity index (χ3v) is 6.54. The highest BCUT2D eigenvalue weighted by molar-refractivity contribution is 5.89. The Morgan fingerprint density at radius 3 is 2.69 bits per heavy atom. The molecule has 1 aromatic heterocycles. The summed E-state index contributed by atoms with van der Waals surface area (Å²) in [4.78, 5) is 22.7. The second kappa shape index (κ2) is 10.2. The zero-order valence-electron chi connectivity index (χ0n) is 20.4. The lowest BCUT2D eigenvalue weighted by molar-refractivity contribution is 0.200. The van der Waals surface area contributed by atoms with Crippen molar-refractivity contribution in [3.05, 3.63) is 77.6 Å². The lowest BCUT2D eigenvalue weighted by atomic mass is 10.0. The molecule has 0 saturated heterocycles. The Morgan fingerprint density at radius 2 is 1.86 bits per heavy atom. The van der Waals surface area contributed by atoms with Crippen molar-refractivity contribution in [1.82, 2.24) is 14.9 Å². The van der Waals surface area contributed by atoms with Crippen LogP contribution >= 0.6 is 0 Å². The molecule has 2 amide bonds. The van der Waals surface area contributed by atoms with E-state index in [0.717, 1.165) is 51.4 Å². The van der Waals surface area contributed by atoms with Crippen molar-refractivity contribution in [3.63, 3.8) is 0 Å². The smallest absolute Gasteiger partial charge is 0.322 e. The van der Waals surface area contributed by atoms with E-state index in [1.165, 1.54) is 24.8 Å². The average Bonchev–Trinajstić information content (AvgIpc) is 3.10. The van der Waals surface area contributed by atoms with Crippen LogP contribution in [0.4, 0.5) is 10.5 Å². The minimum atomic E-state index is -0.111. The van der Waals surface area contributed by atoms with Crippen molar-refractivity contribution < 1.29 is 9.53 Å². The molecule has 4 aromatic rings. The van der Waals surface area contributed by atoms with Gasteiger partial charge in [0.05, 0.1) is 24.1 Å². The number of urea groups is 1. The quantitative estimate of drug-likeness (QED) is 0.309. The van der Waals surface area contributed by atoms with Crippen molar-refractivity contribution in [2.75, 3.05) is 18.5 Å². The Balaban J connectivity index is 1.29. The number of amides is 2. The number of H-pyrrole nitrogens is 1. The van der Waals surface area contributed by atoms with E-state index >= 15 is 0 Å². The van der Waals surface area contributed by atoms with Gasteiger partial charge in [-0.05, 0) is 72.9 Å². The van der Waals surface area contributed by atoms with E-state index in [0.29, 0.717) is 19.7 Å². The van der Waals surface area contributed by atoms with E-state index in [9.17, 15) is 4.79 Å². The molecule has 0 atom stereocenters. The van der Waals surface area contributed by atoms with Crippen LogP contribution in [0.25, 0.3) is 22.2 Å². The highest BCUT2D eigenvalue weighted by Crippen LogP contribution is 2.31. The van der Waals surface area contributed by atoms with E-state index in [1.807, 2.05) is 36.1 Å². The molecule has 0 unspecified atom stereocenters. The Morgan fingerprint density at radius 1 is 1.06 bits per heavy atom. The first-order chi connectivity index (χ1) is 17.1. The van der Waals surface area contributed by atoms with E-state index in [2.05, 4.69) is 58.6 Å². The topological polar surface area (TPSA) is 70.2 Å². The van der Waals surface area contributed by atoms with Gasteiger partial charge in [0.1, 0.15) is 18.2 Å². The fourth-order valence-electron chi connectivity index (χ4n) is 4.60.